The molecule has 1 N–H and O–H groups in total. The number of benzene rings is 1. The molecule has 1 heterocycles. The Morgan fingerprint density at radius 3 is 2.37 bits per heavy atom. The molecule has 19 heavy (non-hydrogen) atoms. The fraction of sp³-hybridized carbons (Fsp3) is 0.429. The van der Waals surface area contributed by atoms with Gasteiger partial charge >= 0.3 is 5.97 Å². The summed E-state index contributed by atoms with van der Waals surface area (Å²) in [5.74, 6) is -1.18. The van der Waals surface area contributed by atoms with E-state index < -0.39 is 5.97 Å². The summed E-state index contributed by atoms with van der Waals surface area (Å²) in [6, 6.07) is 6.11. The Labute approximate surface area is 111 Å². The van der Waals surface area contributed by atoms with Crippen LogP contribution in [0.4, 0.5) is 0 Å². The standard InChI is InChI=1S/C14H17NO4/c1-9-7-15(8-10(2)19-9)13(16)11-4-3-5-12(6-11)14(17)18/h3-6,9-10H,7-8H2,1-2H3,(H,17,18)/t9-,10+. The first-order chi connectivity index (χ1) is 8.97. The SMILES string of the molecule is C[C@@H]1CN(C(=O)c2cccc(C(=O)O)c2)C[C@H](C)O1. The van der Waals surface area contributed by atoms with Gasteiger partial charge < -0.3 is 14.7 Å². The van der Waals surface area contributed by atoms with Gasteiger partial charge in [0.25, 0.3) is 5.91 Å². The minimum Gasteiger partial charge on any atom is -0.478 e. The van der Waals surface area contributed by atoms with Crippen molar-refractivity contribution in [2.75, 3.05) is 13.1 Å². The topological polar surface area (TPSA) is 66.8 Å². The average molecular weight is 263 g/mol. The Bertz CT molecular complexity index is 490. The van der Waals surface area contributed by atoms with Gasteiger partial charge in [-0.05, 0) is 32.0 Å². The van der Waals surface area contributed by atoms with Gasteiger partial charge in [-0.25, -0.2) is 4.79 Å². The summed E-state index contributed by atoms with van der Waals surface area (Å²) in [5.41, 5.74) is 0.529. The molecule has 1 aliphatic heterocycles. The highest BCUT2D eigenvalue weighted by molar-refractivity contribution is 5.97. The number of carbonyl (C=O) groups excluding carboxylic acids is 1. The van der Waals surface area contributed by atoms with Crippen LogP contribution in [0.2, 0.25) is 0 Å². The number of hydrogen-bond donors (Lipinski definition) is 1. The average Bonchev–Trinajstić information content (AvgIpc) is 2.37. The van der Waals surface area contributed by atoms with Crippen LogP contribution in [0.25, 0.3) is 0 Å². The predicted octanol–water partition coefficient (Wildman–Crippen LogP) is 1.63. The third kappa shape index (κ3) is 3.12. The van der Waals surface area contributed by atoms with Crippen molar-refractivity contribution >= 4 is 11.9 Å². The van der Waals surface area contributed by atoms with Crippen LogP contribution in [-0.4, -0.2) is 47.2 Å². The summed E-state index contributed by atoms with van der Waals surface area (Å²) in [5, 5.41) is 8.94. The summed E-state index contributed by atoms with van der Waals surface area (Å²) in [6.45, 7) is 4.90. The van der Waals surface area contributed by atoms with Gasteiger partial charge in [0.2, 0.25) is 0 Å². The monoisotopic (exact) mass is 263 g/mol. The van der Waals surface area contributed by atoms with Crippen LogP contribution in [-0.2, 0) is 4.74 Å². The number of rotatable bonds is 2. The maximum absolute atomic E-state index is 12.3. The summed E-state index contributed by atoms with van der Waals surface area (Å²) < 4.78 is 5.58. The first kappa shape index (κ1) is 13.5. The van der Waals surface area contributed by atoms with Crippen LogP contribution in [0, 0.1) is 0 Å². The van der Waals surface area contributed by atoms with E-state index in [0.717, 1.165) is 0 Å². The molecule has 0 aromatic heterocycles. The van der Waals surface area contributed by atoms with Gasteiger partial charge in [0.05, 0.1) is 17.8 Å². The number of hydrogen-bond acceptors (Lipinski definition) is 3. The molecule has 0 saturated carbocycles. The van der Waals surface area contributed by atoms with Crippen molar-refractivity contribution in [2.24, 2.45) is 0 Å². The molecule has 0 spiro atoms. The molecule has 1 amide bonds. The maximum atomic E-state index is 12.3. The second kappa shape index (κ2) is 5.40. The molecule has 2 atom stereocenters. The van der Waals surface area contributed by atoms with E-state index in [4.69, 9.17) is 9.84 Å². The number of ether oxygens (including phenoxy) is 1. The highest BCUT2D eigenvalue weighted by atomic mass is 16.5. The molecule has 1 aliphatic rings. The van der Waals surface area contributed by atoms with E-state index in [0.29, 0.717) is 18.7 Å². The van der Waals surface area contributed by atoms with E-state index in [2.05, 4.69) is 0 Å². The lowest BCUT2D eigenvalue weighted by molar-refractivity contribution is -0.0586. The van der Waals surface area contributed by atoms with E-state index in [-0.39, 0.29) is 23.7 Å². The largest absolute Gasteiger partial charge is 0.478 e. The van der Waals surface area contributed by atoms with E-state index in [1.165, 1.54) is 12.1 Å². The molecule has 5 nitrogen and oxygen atoms in total. The quantitative estimate of drug-likeness (QED) is 0.880. The van der Waals surface area contributed by atoms with Gasteiger partial charge in [-0.2, -0.15) is 0 Å². The van der Waals surface area contributed by atoms with Crippen molar-refractivity contribution in [3.8, 4) is 0 Å². The van der Waals surface area contributed by atoms with E-state index in [1.807, 2.05) is 13.8 Å². The molecule has 0 bridgehead atoms. The Balaban J connectivity index is 2.19. The first-order valence-corrected chi connectivity index (χ1v) is 6.25. The minimum absolute atomic E-state index is 0.00430. The molecule has 1 fully saturated rings. The van der Waals surface area contributed by atoms with Crippen molar-refractivity contribution < 1.29 is 19.4 Å². The minimum atomic E-state index is -1.03. The molecular formula is C14H17NO4. The lowest BCUT2D eigenvalue weighted by Crippen LogP contribution is -2.48. The van der Waals surface area contributed by atoms with E-state index >= 15 is 0 Å². The van der Waals surface area contributed by atoms with Gasteiger partial charge in [0, 0.05) is 18.7 Å². The summed E-state index contributed by atoms with van der Waals surface area (Å²) in [7, 11) is 0. The summed E-state index contributed by atoms with van der Waals surface area (Å²) in [4.78, 5) is 25.0. The maximum Gasteiger partial charge on any atom is 0.335 e. The predicted molar refractivity (Wildman–Crippen MR) is 69.3 cm³/mol. The van der Waals surface area contributed by atoms with Crippen molar-refractivity contribution in [1.82, 2.24) is 4.90 Å². The fourth-order valence-electron chi connectivity index (χ4n) is 2.31. The van der Waals surface area contributed by atoms with Crippen molar-refractivity contribution in [3.05, 3.63) is 35.4 Å². The van der Waals surface area contributed by atoms with E-state index in [9.17, 15) is 9.59 Å². The molecule has 0 aliphatic carbocycles. The highest BCUT2D eigenvalue weighted by Gasteiger charge is 2.26. The Kier molecular flexibility index (Phi) is 3.85. The number of carbonyl (C=O) groups is 2. The van der Waals surface area contributed by atoms with Crippen LogP contribution in [0.3, 0.4) is 0 Å². The van der Waals surface area contributed by atoms with Crippen LogP contribution < -0.4 is 0 Å². The Morgan fingerprint density at radius 2 is 1.79 bits per heavy atom. The second-order valence-electron chi connectivity index (χ2n) is 4.85. The van der Waals surface area contributed by atoms with Gasteiger partial charge in [0.15, 0.2) is 0 Å². The molecule has 0 radical (unpaired) electrons. The zero-order valence-corrected chi connectivity index (χ0v) is 11.0. The highest BCUT2D eigenvalue weighted by Crippen LogP contribution is 2.15. The Hall–Kier alpha value is -1.88. The molecule has 0 unspecified atom stereocenters. The molecule has 102 valence electrons. The third-order valence-electron chi connectivity index (χ3n) is 3.06. The lowest BCUT2D eigenvalue weighted by atomic mass is 10.1. The zero-order valence-electron chi connectivity index (χ0n) is 11.0. The van der Waals surface area contributed by atoms with Crippen LogP contribution in [0.1, 0.15) is 34.6 Å². The van der Waals surface area contributed by atoms with Gasteiger partial charge in [-0.3, -0.25) is 4.79 Å². The summed E-state index contributed by atoms with van der Waals surface area (Å²) in [6.07, 6.45) is -0.00860. The van der Waals surface area contributed by atoms with Gasteiger partial charge in [0.1, 0.15) is 0 Å². The van der Waals surface area contributed by atoms with Gasteiger partial charge in [-0.15, -0.1) is 0 Å². The molecule has 1 saturated heterocycles. The fourth-order valence-corrected chi connectivity index (χ4v) is 2.31. The van der Waals surface area contributed by atoms with Crippen LogP contribution in [0.15, 0.2) is 24.3 Å². The zero-order chi connectivity index (χ0) is 14.0. The smallest absolute Gasteiger partial charge is 0.335 e. The van der Waals surface area contributed by atoms with Crippen LogP contribution >= 0.6 is 0 Å². The third-order valence-corrected chi connectivity index (χ3v) is 3.06. The number of carboxylic acids is 1. The van der Waals surface area contributed by atoms with Crippen molar-refractivity contribution in [1.29, 1.82) is 0 Å². The van der Waals surface area contributed by atoms with E-state index in [1.54, 1.807) is 17.0 Å². The summed E-state index contributed by atoms with van der Waals surface area (Å²) >= 11 is 0. The first-order valence-electron chi connectivity index (χ1n) is 6.25. The van der Waals surface area contributed by atoms with Gasteiger partial charge in [-0.1, -0.05) is 6.07 Å². The molecular weight excluding hydrogens is 246 g/mol. The number of aromatic carboxylic acids is 1. The normalized spacial score (nSPS) is 23.2. The van der Waals surface area contributed by atoms with Crippen molar-refractivity contribution in [2.45, 2.75) is 26.1 Å². The Morgan fingerprint density at radius 1 is 1.21 bits per heavy atom. The molecule has 5 heteroatoms. The number of nitrogens with zero attached hydrogens (tertiary/aromatic N) is 1. The lowest BCUT2D eigenvalue weighted by Gasteiger charge is -2.35. The second-order valence-corrected chi connectivity index (χ2v) is 4.85. The molecule has 1 aromatic rings. The molecule has 2 rings (SSSR count). The number of carboxylic acid groups (broad SMARTS) is 1. The van der Waals surface area contributed by atoms with Crippen molar-refractivity contribution in [3.63, 3.8) is 0 Å². The molecule has 1 aromatic carbocycles. The number of amides is 1. The number of morpholine rings is 1. The van der Waals surface area contributed by atoms with Crippen LogP contribution in [0.5, 0.6) is 0 Å².